The molecule has 0 spiro atoms. The maximum absolute atomic E-state index is 4.30. The van der Waals surface area contributed by atoms with Crippen LogP contribution in [0.15, 0.2) is 35.3 Å². The summed E-state index contributed by atoms with van der Waals surface area (Å²) in [5.74, 6) is 1.60. The van der Waals surface area contributed by atoms with Crippen molar-refractivity contribution in [3.63, 3.8) is 0 Å². The third kappa shape index (κ3) is 9.81. The zero-order valence-corrected chi connectivity index (χ0v) is 17.5. The van der Waals surface area contributed by atoms with Crippen LogP contribution in [0.1, 0.15) is 25.8 Å². The first-order valence-electron chi connectivity index (χ1n) is 8.17. The number of likely N-dealkylation sites (N-methyl/N-ethyl adjacent to an activating group) is 1. The Morgan fingerprint density at radius 1 is 1.13 bits per heavy atom. The minimum atomic E-state index is 0. The van der Waals surface area contributed by atoms with Gasteiger partial charge in [-0.2, -0.15) is 0 Å². The summed E-state index contributed by atoms with van der Waals surface area (Å²) < 4.78 is 0. The van der Waals surface area contributed by atoms with Gasteiger partial charge in [0.05, 0.1) is 0 Å². The molecular formula is C18H33IN4. The van der Waals surface area contributed by atoms with Gasteiger partial charge in [-0.15, -0.1) is 24.0 Å². The third-order valence-electron chi connectivity index (χ3n) is 3.79. The van der Waals surface area contributed by atoms with Gasteiger partial charge in [-0.1, -0.05) is 44.2 Å². The molecular weight excluding hydrogens is 399 g/mol. The van der Waals surface area contributed by atoms with Crippen molar-refractivity contribution in [3.05, 3.63) is 35.9 Å². The van der Waals surface area contributed by atoms with Gasteiger partial charge in [0, 0.05) is 26.2 Å². The number of guanidine groups is 1. The summed E-state index contributed by atoms with van der Waals surface area (Å²) in [6.07, 6.45) is 2.19. The van der Waals surface area contributed by atoms with Gasteiger partial charge in [0.25, 0.3) is 0 Å². The number of halogens is 1. The molecule has 0 saturated heterocycles. The van der Waals surface area contributed by atoms with Gasteiger partial charge in [-0.05, 0) is 38.4 Å². The molecule has 132 valence electrons. The minimum absolute atomic E-state index is 0. The van der Waals surface area contributed by atoms with Crippen LogP contribution in [0.5, 0.6) is 0 Å². The molecule has 0 aliphatic carbocycles. The molecule has 0 aliphatic heterocycles. The van der Waals surface area contributed by atoms with Crippen LogP contribution < -0.4 is 10.6 Å². The van der Waals surface area contributed by atoms with Crippen LogP contribution in [0.4, 0.5) is 0 Å². The first-order chi connectivity index (χ1) is 10.5. The Morgan fingerprint density at radius 3 is 2.30 bits per heavy atom. The number of benzene rings is 1. The fourth-order valence-corrected chi connectivity index (χ4v) is 2.24. The molecule has 0 aromatic heterocycles. The molecule has 0 bridgehead atoms. The van der Waals surface area contributed by atoms with Crippen LogP contribution in [0.3, 0.4) is 0 Å². The standard InChI is InChI=1S/C18H32N4.HI/c1-15(2)11-12-20-18(19-3)21-14-17(22(4)5)13-16-9-7-6-8-10-16;/h6-10,15,17H,11-14H2,1-5H3,(H2,19,20,21);1H. The summed E-state index contributed by atoms with van der Waals surface area (Å²) >= 11 is 0. The minimum Gasteiger partial charge on any atom is -0.356 e. The van der Waals surface area contributed by atoms with E-state index in [-0.39, 0.29) is 24.0 Å². The molecule has 23 heavy (non-hydrogen) atoms. The summed E-state index contributed by atoms with van der Waals surface area (Å²) in [4.78, 5) is 6.56. The predicted molar refractivity (Wildman–Crippen MR) is 112 cm³/mol. The Balaban J connectivity index is 0.00000484. The van der Waals surface area contributed by atoms with Crippen LogP contribution >= 0.6 is 24.0 Å². The summed E-state index contributed by atoms with van der Waals surface area (Å²) in [7, 11) is 6.08. The van der Waals surface area contributed by atoms with E-state index >= 15 is 0 Å². The lowest BCUT2D eigenvalue weighted by atomic mass is 10.1. The van der Waals surface area contributed by atoms with E-state index < -0.39 is 0 Å². The van der Waals surface area contributed by atoms with Crippen molar-refractivity contribution < 1.29 is 0 Å². The summed E-state index contributed by atoms with van der Waals surface area (Å²) in [5.41, 5.74) is 1.37. The number of aliphatic imine (C=N–C) groups is 1. The molecule has 1 rings (SSSR count). The highest BCUT2D eigenvalue weighted by Crippen LogP contribution is 2.06. The predicted octanol–water partition coefficient (Wildman–Crippen LogP) is 2.99. The monoisotopic (exact) mass is 432 g/mol. The number of rotatable bonds is 8. The Hall–Kier alpha value is -0.820. The van der Waals surface area contributed by atoms with E-state index in [9.17, 15) is 0 Å². The lowest BCUT2D eigenvalue weighted by Gasteiger charge is -2.26. The highest BCUT2D eigenvalue weighted by molar-refractivity contribution is 14.0. The molecule has 0 amide bonds. The maximum Gasteiger partial charge on any atom is 0.191 e. The Morgan fingerprint density at radius 2 is 1.78 bits per heavy atom. The number of nitrogens with one attached hydrogen (secondary N) is 2. The number of hydrogen-bond acceptors (Lipinski definition) is 2. The molecule has 5 heteroatoms. The average molecular weight is 432 g/mol. The van der Waals surface area contributed by atoms with E-state index in [2.05, 4.69) is 78.8 Å². The fourth-order valence-electron chi connectivity index (χ4n) is 2.24. The van der Waals surface area contributed by atoms with Crippen molar-refractivity contribution in [3.8, 4) is 0 Å². The second-order valence-corrected chi connectivity index (χ2v) is 6.37. The van der Waals surface area contributed by atoms with Gasteiger partial charge in [-0.25, -0.2) is 0 Å². The van der Waals surface area contributed by atoms with Crippen molar-refractivity contribution >= 4 is 29.9 Å². The summed E-state index contributed by atoms with van der Waals surface area (Å²) in [6.45, 7) is 6.31. The number of nitrogens with zero attached hydrogens (tertiary/aromatic N) is 2. The molecule has 4 nitrogen and oxygen atoms in total. The molecule has 0 radical (unpaired) electrons. The normalized spacial score (nSPS) is 12.9. The third-order valence-corrected chi connectivity index (χ3v) is 3.79. The molecule has 2 N–H and O–H groups in total. The Kier molecular flexibility index (Phi) is 12.1. The van der Waals surface area contributed by atoms with Crippen molar-refractivity contribution in [1.29, 1.82) is 0 Å². The van der Waals surface area contributed by atoms with Crippen molar-refractivity contribution in [2.24, 2.45) is 10.9 Å². The van der Waals surface area contributed by atoms with E-state index in [1.165, 1.54) is 5.56 Å². The quantitative estimate of drug-likeness (QED) is 0.377. The highest BCUT2D eigenvalue weighted by atomic mass is 127. The Bertz CT molecular complexity index is 432. The van der Waals surface area contributed by atoms with Crippen molar-refractivity contribution in [1.82, 2.24) is 15.5 Å². The molecule has 1 aromatic rings. The second kappa shape index (κ2) is 12.6. The highest BCUT2D eigenvalue weighted by Gasteiger charge is 2.12. The average Bonchev–Trinajstić information content (AvgIpc) is 2.49. The van der Waals surface area contributed by atoms with Crippen LogP contribution in [0.2, 0.25) is 0 Å². The van der Waals surface area contributed by atoms with E-state index in [1.807, 2.05) is 7.05 Å². The van der Waals surface area contributed by atoms with E-state index in [0.29, 0.717) is 12.0 Å². The molecule has 1 aromatic carbocycles. The van der Waals surface area contributed by atoms with Gasteiger partial charge >= 0.3 is 0 Å². The molecule has 0 aliphatic rings. The van der Waals surface area contributed by atoms with Gasteiger partial charge in [0.2, 0.25) is 0 Å². The summed E-state index contributed by atoms with van der Waals surface area (Å²) in [6, 6.07) is 11.1. The van der Waals surface area contributed by atoms with E-state index in [1.54, 1.807) is 0 Å². The van der Waals surface area contributed by atoms with Crippen LogP contribution in [0, 0.1) is 5.92 Å². The molecule has 1 unspecified atom stereocenters. The van der Waals surface area contributed by atoms with E-state index in [0.717, 1.165) is 31.9 Å². The zero-order chi connectivity index (χ0) is 16.4. The topological polar surface area (TPSA) is 39.7 Å². The number of hydrogen-bond donors (Lipinski definition) is 2. The van der Waals surface area contributed by atoms with Crippen molar-refractivity contribution in [2.75, 3.05) is 34.2 Å². The maximum atomic E-state index is 4.30. The van der Waals surface area contributed by atoms with E-state index in [4.69, 9.17) is 0 Å². The molecule has 0 fully saturated rings. The first-order valence-corrected chi connectivity index (χ1v) is 8.17. The molecule has 1 atom stereocenters. The van der Waals surface area contributed by atoms with Gasteiger partial charge in [0.1, 0.15) is 0 Å². The first kappa shape index (κ1) is 22.2. The SMILES string of the molecule is CN=C(NCCC(C)C)NCC(Cc1ccccc1)N(C)C.I. The van der Waals surface area contributed by atoms with Crippen LogP contribution in [-0.2, 0) is 6.42 Å². The lowest BCUT2D eigenvalue weighted by molar-refractivity contribution is 0.290. The van der Waals surface area contributed by atoms with Crippen molar-refractivity contribution in [2.45, 2.75) is 32.7 Å². The summed E-state index contributed by atoms with van der Waals surface area (Å²) in [5, 5.41) is 6.82. The van der Waals surface area contributed by atoms with Gasteiger partial charge in [0.15, 0.2) is 5.96 Å². The lowest BCUT2D eigenvalue weighted by Crippen LogP contribution is -2.46. The largest absolute Gasteiger partial charge is 0.356 e. The van der Waals surface area contributed by atoms with Crippen LogP contribution in [-0.4, -0.2) is 51.1 Å². The van der Waals surface area contributed by atoms with Gasteiger partial charge in [-0.3, -0.25) is 4.99 Å². The second-order valence-electron chi connectivity index (χ2n) is 6.37. The zero-order valence-electron chi connectivity index (χ0n) is 15.2. The van der Waals surface area contributed by atoms with Gasteiger partial charge < -0.3 is 15.5 Å². The fraction of sp³-hybridized carbons (Fsp3) is 0.611. The van der Waals surface area contributed by atoms with Crippen LogP contribution in [0.25, 0.3) is 0 Å². The smallest absolute Gasteiger partial charge is 0.191 e. The Labute approximate surface area is 159 Å². The molecule has 0 heterocycles. The molecule has 0 saturated carbocycles.